The summed E-state index contributed by atoms with van der Waals surface area (Å²) in [6, 6.07) is 15.8. The third-order valence-corrected chi connectivity index (χ3v) is 3.11. The highest BCUT2D eigenvalue weighted by atomic mass is 15.5. The van der Waals surface area contributed by atoms with Gasteiger partial charge in [0.1, 0.15) is 0 Å². The Morgan fingerprint density at radius 3 is 2.48 bits per heavy atom. The maximum absolute atomic E-state index is 8.34. The first-order chi connectivity index (χ1) is 10.4. The summed E-state index contributed by atoms with van der Waals surface area (Å²) in [5.41, 5.74) is 12.3. The van der Waals surface area contributed by atoms with Gasteiger partial charge in [-0.15, -0.1) is 5.10 Å². The van der Waals surface area contributed by atoms with E-state index in [1.54, 1.807) is 0 Å². The van der Waals surface area contributed by atoms with Gasteiger partial charge in [0.2, 0.25) is 0 Å². The lowest BCUT2D eigenvalue weighted by Crippen LogP contribution is -1.88. The maximum Gasteiger partial charge on any atom is 0.180 e. The summed E-state index contributed by atoms with van der Waals surface area (Å²) in [7, 11) is 0. The van der Waals surface area contributed by atoms with Crippen molar-refractivity contribution in [2.45, 2.75) is 6.54 Å². The molecule has 7 nitrogen and oxygen atoms in total. The fourth-order valence-electron chi connectivity index (χ4n) is 2.12. The summed E-state index contributed by atoms with van der Waals surface area (Å²) in [5.74, 6) is 0.628. The Bertz CT molecular complexity index is 771. The Hall–Kier alpha value is -3.18. The van der Waals surface area contributed by atoms with Crippen LogP contribution in [-0.4, -0.2) is 20.6 Å². The van der Waals surface area contributed by atoms with E-state index in [1.807, 2.05) is 48.5 Å². The van der Waals surface area contributed by atoms with E-state index in [9.17, 15) is 0 Å². The van der Waals surface area contributed by atoms with Gasteiger partial charge in [-0.3, -0.25) is 0 Å². The molecule has 1 aromatic heterocycles. The molecule has 0 unspecified atom stereocenters. The van der Waals surface area contributed by atoms with Crippen molar-refractivity contribution in [2.24, 2.45) is 5.11 Å². The molecular weight excluding hydrogens is 266 g/mol. The van der Waals surface area contributed by atoms with Crippen molar-refractivity contribution in [3.63, 3.8) is 0 Å². The number of H-pyrrole nitrogens is 1. The summed E-state index contributed by atoms with van der Waals surface area (Å²) < 4.78 is 0. The Balaban J connectivity index is 1.99. The molecule has 7 heteroatoms. The molecule has 0 aliphatic heterocycles. The van der Waals surface area contributed by atoms with Crippen LogP contribution in [-0.2, 0) is 6.54 Å². The van der Waals surface area contributed by atoms with E-state index in [2.05, 4.69) is 30.7 Å². The molecule has 0 fully saturated rings. The summed E-state index contributed by atoms with van der Waals surface area (Å²) in [6.07, 6.45) is 0. The Kier molecular flexibility index (Phi) is 3.58. The highest BCUT2D eigenvalue weighted by molar-refractivity contribution is 5.80. The van der Waals surface area contributed by atoms with Crippen LogP contribution in [0.3, 0.4) is 0 Å². The molecule has 102 valence electrons. The summed E-state index contributed by atoms with van der Waals surface area (Å²) in [4.78, 5) is 2.76. The minimum atomic E-state index is 0.352. The molecule has 21 heavy (non-hydrogen) atoms. The number of azide groups is 1. The zero-order valence-corrected chi connectivity index (χ0v) is 11.0. The predicted molar refractivity (Wildman–Crippen MR) is 77.9 cm³/mol. The van der Waals surface area contributed by atoms with Gasteiger partial charge in [0.15, 0.2) is 5.82 Å². The quantitative estimate of drug-likeness (QED) is 0.449. The molecule has 0 amide bonds. The van der Waals surface area contributed by atoms with Gasteiger partial charge < -0.3 is 0 Å². The normalized spacial score (nSPS) is 10.1. The monoisotopic (exact) mass is 277 g/mol. The van der Waals surface area contributed by atoms with Gasteiger partial charge in [-0.2, -0.15) is 0 Å². The molecule has 0 aliphatic carbocycles. The van der Waals surface area contributed by atoms with E-state index >= 15 is 0 Å². The van der Waals surface area contributed by atoms with Crippen LogP contribution in [0.2, 0.25) is 0 Å². The fraction of sp³-hybridized carbons (Fsp3) is 0.0714. The van der Waals surface area contributed by atoms with E-state index in [0.717, 1.165) is 22.3 Å². The fourth-order valence-corrected chi connectivity index (χ4v) is 2.12. The molecule has 0 saturated carbocycles. The van der Waals surface area contributed by atoms with Crippen LogP contribution in [0.5, 0.6) is 0 Å². The van der Waals surface area contributed by atoms with Crippen LogP contribution in [0.15, 0.2) is 53.6 Å². The number of rotatable bonds is 4. The van der Waals surface area contributed by atoms with Crippen LogP contribution in [0.1, 0.15) is 5.56 Å². The minimum Gasteiger partial charge on any atom is -0.239 e. The first-order valence-corrected chi connectivity index (χ1v) is 6.32. The molecule has 3 rings (SSSR count). The van der Waals surface area contributed by atoms with Crippen LogP contribution < -0.4 is 0 Å². The molecule has 1 heterocycles. The molecule has 0 aliphatic rings. The lowest BCUT2D eigenvalue weighted by atomic mass is 9.98. The van der Waals surface area contributed by atoms with Gasteiger partial charge in [-0.25, -0.2) is 5.10 Å². The average molecular weight is 277 g/mol. The van der Waals surface area contributed by atoms with Crippen molar-refractivity contribution < 1.29 is 0 Å². The van der Waals surface area contributed by atoms with Crippen LogP contribution in [0, 0.1) is 0 Å². The first-order valence-electron chi connectivity index (χ1n) is 6.32. The zero-order chi connectivity index (χ0) is 14.5. The van der Waals surface area contributed by atoms with E-state index in [1.165, 1.54) is 0 Å². The van der Waals surface area contributed by atoms with Crippen molar-refractivity contribution in [3.8, 4) is 22.5 Å². The average Bonchev–Trinajstić information content (AvgIpc) is 3.08. The summed E-state index contributed by atoms with van der Waals surface area (Å²) >= 11 is 0. The van der Waals surface area contributed by atoms with E-state index < -0.39 is 0 Å². The van der Waals surface area contributed by atoms with Crippen LogP contribution in [0.25, 0.3) is 33.0 Å². The number of aromatic nitrogens is 4. The van der Waals surface area contributed by atoms with Crippen molar-refractivity contribution in [3.05, 3.63) is 64.5 Å². The number of nitrogens with one attached hydrogen (secondary N) is 1. The second-order valence-electron chi connectivity index (χ2n) is 4.38. The highest BCUT2D eigenvalue weighted by Gasteiger charge is 2.09. The highest BCUT2D eigenvalue weighted by Crippen LogP contribution is 2.29. The number of tetrazole rings is 1. The second-order valence-corrected chi connectivity index (χ2v) is 4.38. The number of hydrogen-bond donors (Lipinski definition) is 1. The third-order valence-electron chi connectivity index (χ3n) is 3.11. The van der Waals surface area contributed by atoms with Gasteiger partial charge in [-0.1, -0.05) is 53.6 Å². The smallest absolute Gasteiger partial charge is 0.180 e. The van der Waals surface area contributed by atoms with E-state index in [-0.39, 0.29) is 0 Å². The molecule has 0 atom stereocenters. The molecule has 0 radical (unpaired) electrons. The Morgan fingerprint density at radius 2 is 1.81 bits per heavy atom. The molecule has 0 spiro atoms. The number of nitrogens with zero attached hydrogens (tertiary/aromatic N) is 6. The Labute approximate surface area is 120 Å². The molecule has 1 N–H and O–H groups in total. The summed E-state index contributed by atoms with van der Waals surface area (Å²) in [5, 5.41) is 17.5. The second kappa shape index (κ2) is 5.85. The van der Waals surface area contributed by atoms with Gasteiger partial charge in [-0.05, 0) is 32.6 Å². The molecule has 0 saturated heterocycles. The lowest BCUT2D eigenvalue weighted by molar-refractivity contribution is 0.881. The van der Waals surface area contributed by atoms with Crippen molar-refractivity contribution >= 4 is 0 Å². The Morgan fingerprint density at radius 1 is 1.05 bits per heavy atom. The molecular formula is C14H11N7. The van der Waals surface area contributed by atoms with E-state index in [0.29, 0.717) is 12.4 Å². The maximum atomic E-state index is 8.34. The van der Waals surface area contributed by atoms with Crippen LogP contribution >= 0.6 is 0 Å². The predicted octanol–water partition coefficient (Wildman–Crippen LogP) is 3.34. The van der Waals surface area contributed by atoms with Crippen molar-refractivity contribution in [1.29, 1.82) is 0 Å². The number of hydrogen-bond acceptors (Lipinski definition) is 4. The topological polar surface area (TPSA) is 103 Å². The lowest BCUT2D eigenvalue weighted by Gasteiger charge is -2.07. The minimum absolute atomic E-state index is 0.352. The molecule has 3 aromatic rings. The summed E-state index contributed by atoms with van der Waals surface area (Å²) in [6.45, 7) is 0.352. The van der Waals surface area contributed by atoms with Gasteiger partial charge in [0.05, 0.1) is 6.54 Å². The number of aromatic amines is 1. The van der Waals surface area contributed by atoms with Gasteiger partial charge in [0, 0.05) is 10.5 Å². The standard InChI is InChI=1S/C14H11N7/c15-19-16-9-10-5-7-11(8-6-10)12-3-1-2-4-13(12)14-17-20-21-18-14/h1-8H,9H2,(H,17,18,20,21). The van der Waals surface area contributed by atoms with Crippen molar-refractivity contribution in [2.75, 3.05) is 0 Å². The molecule has 2 aromatic carbocycles. The third kappa shape index (κ3) is 2.72. The first kappa shape index (κ1) is 12.8. The molecule has 0 bridgehead atoms. The number of benzene rings is 2. The van der Waals surface area contributed by atoms with Crippen LogP contribution in [0.4, 0.5) is 0 Å². The largest absolute Gasteiger partial charge is 0.239 e. The van der Waals surface area contributed by atoms with Gasteiger partial charge in [0.25, 0.3) is 0 Å². The van der Waals surface area contributed by atoms with Crippen molar-refractivity contribution in [1.82, 2.24) is 20.6 Å². The zero-order valence-electron chi connectivity index (χ0n) is 11.0. The van der Waals surface area contributed by atoms with E-state index in [4.69, 9.17) is 5.53 Å². The van der Waals surface area contributed by atoms with Gasteiger partial charge >= 0.3 is 0 Å². The SMILES string of the molecule is [N-]=[N+]=NCc1ccc(-c2ccccc2-c2nnn[nH]2)cc1.